The number of aromatic nitrogens is 2. The minimum atomic E-state index is -4.55. The van der Waals surface area contributed by atoms with E-state index < -0.39 is 17.7 Å². The number of hydrogen-bond acceptors (Lipinski definition) is 3. The Bertz CT molecular complexity index is 1240. The van der Waals surface area contributed by atoms with Crippen LogP contribution in [0.2, 0.25) is 0 Å². The minimum absolute atomic E-state index is 0.0712. The zero-order valence-corrected chi connectivity index (χ0v) is 17.7. The molecule has 3 aromatic rings. The molecule has 2 N–H and O–H groups in total. The molecule has 0 amide bonds. The van der Waals surface area contributed by atoms with Crippen LogP contribution in [0.25, 0.3) is 11.3 Å². The molecule has 32 heavy (non-hydrogen) atoms. The van der Waals surface area contributed by atoms with Crippen LogP contribution in [0.1, 0.15) is 49.3 Å². The fraction of sp³-hybridized carbons (Fsp3) is 0.280. The number of H-pyrrole nitrogens is 1. The fourth-order valence-electron chi connectivity index (χ4n) is 4.94. The SMILES string of the molecule is CC1(C)CC(=O)C2=C(C1)Nc1n[nH]c(-c3ccccc3)c1C2c1ccccc1C(F)(F)F. The summed E-state index contributed by atoms with van der Waals surface area (Å²) in [6, 6.07) is 14.8. The smallest absolute Gasteiger partial charge is 0.342 e. The molecular formula is C25H22F3N3O. The number of carbonyl (C=O) groups excluding carboxylic acids is 1. The number of rotatable bonds is 2. The van der Waals surface area contributed by atoms with E-state index in [9.17, 15) is 18.0 Å². The molecule has 1 atom stereocenters. The van der Waals surface area contributed by atoms with E-state index in [0.29, 0.717) is 34.8 Å². The van der Waals surface area contributed by atoms with E-state index in [4.69, 9.17) is 0 Å². The number of allylic oxidation sites excluding steroid dienone is 2. The maximum Gasteiger partial charge on any atom is 0.416 e. The van der Waals surface area contributed by atoms with Gasteiger partial charge in [0.05, 0.1) is 11.3 Å². The van der Waals surface area contributed by atoms with Crippen LogP contribution in [0.3, 0.4) is 0 Å². The Balaban J connectivity index is 1.80. The third-order valence-electron chi connectivity index (χ3n) is 6.21. The maximum absolute atomic E-state index is 14.0. The van der Waals surface area contributed by atoms with Crippen molar-refractivity contribution in [1.82, 2.24) is 10.2 Å². The molecule has 7 heteroatoms. The summed E-state index contributed by atoms with van der Waals surface area (Å²) in [5, 5.41) is 10.7. The third kappa shape index (κ3) is 3.32. The van der Waals surface area contributed by atoms with Gasteiger partial charge in [-0.15, -0.1) is 0 Å². The molecule has 0 fully saturated rings. The molecule has 2 aliphatic rings. The molecule has 4 nitrogen and oxygen atoms in total. The summed E-state index contributed by atoms with van der Waals surface area (Å²) in [6.07, 6.45) is -3.70. The van der Waals surface area contributed by atoms with Crippen LogP contribution in [0.5, 0.6) is 0 Å². The van der Waals surface area contributed by atoms with Gasteiger partial charge in [0, 0.05) is 29.2 Å². The number of ketones is 1. The van der Waals surface area contributed by atoms with Crippen molar-refractivity contribution in [3.05, 3.63) is 82.6 Å². The highest BCUT2D eigenvalue weighted by Crippen LogP contribution is 2.52. The summed E-state index contributed by atoms with van der Waals surface area (Å²) >= 11 is 0. The zero-order valence-electron chi connectivity index (χ0n) is 17.7. The molecule has 164 valence electrons. The number of benzene rings is 2. The van der Waals surface area contributed by atoms with E-state index in [2.05, 4.69) is 15.5 Å². The van der Waals surface area contributed by atoms with Crippen molar-refractivity contribution in [2.75, 3.05) is 5.32 Å². The molecule has 0 saturated carbocycles. The van der Waals surface area contributed by atoms with Gasteiger partial charge in [-0.25, -0.2) is 0 Å². The number of hydrogen-bond donors (Lipinski definition) is 2. The van der Waals surface area contributed by atoms with Gasteiger partial charge in [-0.05, 0) is 29.0 Å². The number of halogens is 3. The van der Waals surface area contributed by atoms with Crippen LogP contribution in [0, 0.1) is 5.41 Å². The van der Waals surface area contributed by atoms with Crippen LogP contribution in [-0.4, -0.2) is 16.0 Å². The monoisotopic (exact) mass is 437 g/mol. The Morgan fingerprint density at radius 2 is 1.69 bits per heavy atom. The topological polar surface area (TPSA) is 57.8 Å². The molecule has 2 heterocycles. The Kier molecular flexibility index (Phi) is 4.55. The molecule has 1 aliphatic heterocycles. The molecule has 1 aromatic heterocycles. The van der Waals surface area contributed by atoms with E-state index in [1.807, 2.05) is 44.2 Å². The lowest BCUT2D eigenvalue weighted by atomic mass is 9.68. The fourth-order valence-corrected chi connectivity index (χ4v) is 4.94. The molecule has 0 spiro atoms. The second-order valence-electron chi connectivity index (χ2n) is 9.20. The summed E-state index contributed by atoms with van der Waals surface area (Å²) < 4.78 is 42.1. The van der Waals surface area contributed by atoms with E-state index >= 15 is 0 Å². The van der Waals surface area contributed by atoms with Crippen molar-refractivity contribution in [2.24, 2.45) is 5.41 Å². The standard InChI is InChI=1S/C25H22F3N3O/c1-24(2)12-17-20(18(32)13-24)19(15-10-6-7-11-16(15)25(26,27)28)21-22(30-31-23(21)29-17)14-8-4-3-5-9-14/h3-11,19H,12-13H2,1-2H3,(H2,29,30,31). The van der Waals surface area contributed by atoms with Crippen LogP contribution in [0.4, 0.5) is 19.0 Å². The predicted molar refractivity (Wildman–Crippen MR) is 116 cm³/mol. The second kappa shape index (κ2) is 7.08. The van der Waals surface area contributed by atoms with Crippen molar-refractivity contribution in [2.45, 2.75) is 38.8 Å². The van der Waals surface area contributed by atoms with Crippen LogP contribution >= 0.6 is 0 Å². The largest absolute Gasteiger partial charge is 0.416 e. The first-order valence-corrected chi connectivity index (χ1v) is 10.5. The van der Waals surface area contributed by atoms with Gasteiger partial charge < -0.3 is 5.32 Å². The molecule has 0 bridgehead atoms. The van der Waals surface area contributed by atoms with Crippen molar-refractivity contribution in [3.63, 3.8) is 0 Å². The molecule has 1 unspecified atom stereocenters. The molecule has 2 aromatic carbocycles. The Morgan fingerprint density at radius 1 is 1.00 bits per heavy atom. The summed E-state index contributed by atoms with van der Waals surface area (Å²) in [4.78, 5) is 13.4. The summed E-state index contributed by atoms with van der Waals surface area (Å²) in [7, 11) is 0. The minimum Gasteiger partial charge on any atom is -0.342 e. The number of Topliss-reactive ketones (excluding diaryl/α,β-unsaturated/α-hetero) is 1. The van der Waals surface area contributed by atoms with Gasteiger partial charge >= 0.3 is 6.18 Å². The summed E-state index contributed by atoms with van der Waals surface area (Å²) in [5.41, 5.74) is 2.10. The first-order valence-electron chi connectivity index (χ1n) is 10.5. The summed E-state index contributed by atoms with van der Waals surface area (Å²) in [6.45, 7) is 3.98. The molecular weight excluding hydrogens is 415 g/mol. The van der Waals surface area contributed by atoms with Gasteiger partial charge in [-0.2, -0.15) is 18.3 Å². The average molecular weight is 437 g/mol. The lowest BCUT2D eigenvalue weighted by Gasteiger charge is -2.38. The van der Waals surface area contributed by atoms with Gasteiger partial charge in [0.25, 0.3) is 0 Å². The molecule has 0 saturated heterocycles. The third-order valence-corrected chi connectivity index (χ3v) is 6.21. The number of anilines is 1. The first kappa shape index (κ1) is 20.5. The van der Waals surface area contributed by atoms with Crippen molar-refractivity contribution in [3.8, 4) is 11.3 Å². The van der Waals surface area contributed by atoms with E-state index in [0.717, 1.165) is 11.6 Å². The summed E-state index contributed by atoms with van der Waals surface area (Å²) in [5.74, 6) is -0.525. The Hall–Kier alpha value is -3.35. The number of nitrogens with one attached hydrogen (secondary N) is 2. The lowest BCUT2D eigenvalue weighted by Crippen LogP contribution is -2.34. The van der Waals surface area contributed by atoms with Crippen LogP contribution in [0.15, 0.2) is 65.9 Å². The second-order valence-corrected chi connectivity index (χ2v) is 9.20. The van der Waals surface area contributed by atoms with Gasteiger partial charge in [-0.3, -0.25) is 9.89 Å². The number of fused-ring (bicyclic) bond motifs is 1. The van der Waals surface area contributed by atoms with Crippen LogP contribution < -0.4 is 5.32 Å². The molecule has 1 aliphatic carbocycles. The normalized spacial score (nSPS) is 19.9. The number of aromatic amines is 1. The van der Waals surface area contributed by atoms with Gasteiger partial charge in [0.15, 0.2) is 11.6 Å². The van der Waals surface area contributed by atoms with Gasteiger partial charge in [-0.1, -0.05) is 62.4 Å². The Labute approximate surface area is 183 Å². The lowest BCUT2D eigenvalue weighted by molar-refractivity contribution is -0.138. The van der Waals surface area contributed by atoms with Crippen molar-refractivity contribution >= 4 is 11.6 Å². The number of carbonyl (C=O) groups is 1. The van der Waals surface area contributed by atoms with Crippen molar-refractivity contribution < 1.29 is 18.0 Å². The van der Waals surface area contributed by atoms with E-state index in [1.54, 1.807) is 6.07 Å². The first-order chi connectivity index (χ1) is 15.2. The quantitative estimate of drug-likeness (QED) is 0.495. The number of nitrogens with zero attached hydrogens (tertiary/aromatic N) is 1. The molecule has 5 rings (SSSR count). The highest BCUT2D eigenvalue weighted by Gasteiger charge is 2.45. The predicted octanol–water partition coefficient (Wildman–Crippen LogP) is 6.30. The highest BCUT2D eigenvalue weighted by atomic mass is 19.4. The van der Waals surface area contributed by atoms with Crippen molar-refractivity contribution in [1.29, 1.82) is 0 Å². The van der Waals surface area contributed by atoms with E-state index in [-0.39, 0.29) is 23.2 Å². The molecule has 0 radical (unpaired) electrons. The highest BCUT2D eigenvalue weighted by molar-refractivity contribution is 6.02. The van der Waals surface area contributed by atoms with Gasteiger partial charge in [0.2, 0.25) is 0 Å². The maximum atomic E-state index is 14.0. The van der Waals surface area contributed by atoms with Crippen LogP contribution in [-0.2, 0) is 11.0 Å². The zero-order chi connectivity index (χ0) is 22.7. The Morgan fingerprint density at radius 3 is 2.41 bits per heavy atom. The van der Waals surface area contributed by atoms with E-state index in [1.165, 1.54) is 12.1 Å². The number of alkyl halides is 3. The average Bonchev–Trinajstić information content (AvgIpc) is 3.15. The van der Waals surface area contributed by atoms with Gasteiger partial charge in [0.1, 0.15) is 0 Å².